The summed E-state index contributed by atoms with van der Waals surface area (Å²) in [6, 6.07) is 4.61. The molecule has 0 spiro atoms. The number of amides is 3. The van der Waals surface area contributed by atoms with Crippen LogP contribution >= 0.6 is 0 Å². The van der Waals surface area contributed by atoms with Crippen molar-refractivity contribution in [1.82, 2.24) is 15.5 Å². The molecule has 0 aliphatic carbocycles. The predicted molar refractivity (Wildman–Crippen MR) is 138 cm³/mol. The molecule has 0 heterocycles. The maximum absolute atomic E-state index is 13.9. The van der Waals surface area contributed by atoms with Crippen molar-refractivity contribution in [2.45, 2.75) is 98.3 Å². The second-order valence-corrected chi connectivity index (χ2v) is 10.2. The maximum atomic E-state index is 13.9. The van der Waals surface area contributed by atoms with Gasteiger partial charge in [-0.1, -0.05) is 59.1 Å². The lowest BCUT2D eigenvalue weighted by molar-refractivity contribution is -0.143. The Balaban J connectivity index is 3.40. The minimum absolute atomic E-state index is 0.0158. The van der Waals surface area contributed by atoms with E-state index in [4.69, 9.17) is 4.74 Å². The van der Waals surface area contributed by atoms with Crippen LogP contribution in [0.4, 0.5) is 4.79 Å². The smallest absolute Gasteiger partial charge is 0.408 e. The number of carbonyl (C=O) groups is 3. The third-order valence-electron chi connectivity index (χ3n) is 5.47. The third-order valence-corrected chi connectivity index (χ3v) is 5.47. The van der Waals surface area contributed by atoms with Gasteiger partial charge >= 0.3 is 6.09 Å². The molecule has 198 valence electrons. The predicted octanol–water partition coefficient (Wildman–Crippen LogP) is 4.92. The van der Waals surface area contributed by atoms with Gasteiger partial charge in [-0.2, -0.15) is 0 Å². The number of carbonyl (C=O) groups excluding carboxylic acids is 3. The summed E-state index contributed by atoms with van der Waals surface area (Å²) in [5.74, 6) is -0.895. The van der Waals surface area contributed by atoms with E-state index in [0.29, 0.717) is 25.1 Å². The number of alkyl carbamates (subject to hydrolysis) is 1. The molecular weight excluding hydrogens is 446 g/mol. The van der Waals surface area contributed by atoms with E-state index in [9.17, 15) is 19.5 Å². The summed E-state index contributed by atoms with van der Waals surface area (Å²) in [5, 5.41) is 15.8. The second kappa shape index (κ2) is 14.6. The first-order chi connectivity index (χ1) is 16.4. The molecule has 0 aliphatic heterocycles. The summed E-state index contributed by atoms with van der Waals surface area (Å²) in [5.41, 5.74) is -0.192. The molecule has 3 N–H and O–H groups in total. The number of ether oxygens (including phenoxy) is 1. The molecule has 2 atom stereocenters. The van der Waals surface area contributed by atoms with Crippen LogP contribution < -0.4 is 10.6 Å². The molecular formula is C27H45N3O5. The Kier molecular flexibility index (Phi) is 12.6. The number of hydrogen-bond acceptors (Lipinski definition) is 5. The monoisotopic (exact) mass is 491 g/mol. The molecule has 0 bridgehead atoms. The number of aromatic hydroxyl groups is 1. The summed E-state index contributed by atoms with van der Waals surface area (Å²) in [6.45, 7) is 13.9. The molecule has 8 heteroatoms. The lowest BCUT2D eigenvalue weighted by Crippen LogP contribution is -2.55. The Hall–Kier alpha value is -2.77. The van der Waals surface area contributed by atoms with Crippen molar-refractivity contribution in [3.63, 3.8) is 0 Å². The average molecular weight is 492 g/mol. The minimum Gasteiger partial charge on any atom is -0.508 e. The first-order valence-electron chi connectivity index (χ1n) is 12.8. The minimum atomic E-state index is -0.940. The fourth-order valence-corrected chi connectivity index (χ4v) is 3.68. The average Bonchev–Trinajstić information content (AvgIpc) is 2.75. The standard InChI is InChI=1S/C27H45N3O5/c1-8-10-12-17-30(25(33)22(19(3)4)29-26(34)35-27(5,6)7)23(24(32)28-16-11-9-2)20-14-13-15-21(31)18-20/h13-15,18-19,22-23,31H,8-12,16-17H2,1-7H3,(H,28,32)(H,29,34). The quantitative estimate of drug-likeness (QED) is 0.340. The van der Waals surface area contributed by atoms with E-state index in [2.05, 4.69) is 17.6 Å². The highest BCUT2D eigenvalue weighted by atomic mass is 16.6. The first-order valence-corrected chi connectivity index (χ1v) is 12.8. The number of benzene rings is 1. The van der Waals surface area contributed by atoms with Gasteiger partial charge in [0.05, 0.1) is 0 Å². The molecule has 1 aromatic carbocycles. The maximum Gasteiger partial charge on any atom is 0.408 e. The molecule has 1 aromatic rings. The normalized spacial score (nSPS) is 13.1. The molecule has 3 amide bonds. The van der Waals surface area contributed by atoms with E-state index in [0.717, 1.165) is 25.7 Å². The van der Waals surface area contributed by atoms with Crippen molar-refractivity contribution in [3.05, 3.63) is 29.8 Å². The zero-order valence-corrected chi connectivity index (χ0v) is 22.5. The molecule has 0 saturated carbocycles. The Morgan fingerprint density at radius 1 is 1.06 bits per heavy atom. The topological polar surface area (TPSA) is 108 Å². The zero-order chi connectivity index (χ0) is 26.6. The van der Waals surface area contributed by atoms with E-state index in [1.54, 1.807) is 32.9 Å². The highest BCUT2D eigenvalue weighted by Crippen LogP contribution is 2.27. The largest absolute Gasteiger partial charge is 0.508 e. The number of phenols is 1. The van der Waals surface area contributed by atoms with Crippen LogP contribution in [0, 0.1) is 5.92 Å². The Bertz CT molecular complexity index is 819. The third kappa shape index (κ3) is 10.6. The van der Waals surface area contributed by atoms with Gasteiger partial charge in [-0.3, -0.25) is 9.59 Å². The summed E-state index contributed by atoms with van der Waals surface area (Å²) in [4.78, 5) is 41.4. The molecule has 1 rings (SSSR count). The summed E-state index contributed by atoms with van der Waals surface area (Å²) < 4.78 is 5.39. The fraction of sp³-hybridized carbons (Fsp3) is 0.667. The van der Waals surface area contributed by atoms with Crippen molar-refractivity contribution in [2.75, 3.05) is 13.1 Å². The van der Waals surface area contributed by atoms with Gasteiger partial charge in [0.15, 0.2) is 0 Å². The van der Waals surface area contributed by atoms with Gasteiger partial charge in [0, 0.05) is 13.1 Å². The Labute approximate surface area is 210 Å². The van der Waals surface area contributed by atoms with Crippen LogP contribution in [0.5, 0.6) is 5.75 Å². The molecule has 0 radical (unpaired) electrons. The van der Waals surface area contributed by atoms with Crippen LogP contribution in [-0.2, 0) is 14.3 Å². The van der Waals surface area contributed by atoms with Crippen LogP contribution in [0.2, 0.25) is 0 Å². The van der Waals surface area contributed by atoms with Crippen molar-refractivity contribution in [3.8, 4) is 5.75 Å². The number of phenolic OH excluding ortho intramolecular Hbond substituents is 1. The molecule has 2 unspecified atom stereocenters. The fourth-order valence-electron chi connectivity index (χ4n) is 3.68. The highest BCUT2D eigenvalue weighted by molar-refractivity contribution is 5.92. The molecule has 0 fully saturated rings. The molecule has 35 heavy (non-hydrogen) atoms. The number of rotatable bonds is 13. The number of nitrogens with one attached hydrogen (secondary N) is 2. The first kappa shape index (κ1) is 30.3. The number of unbranched alkanes of at least 4 members (excludes halogenated alkanes) is 3. The second-order valence-electron chi connectivity index (χ2n) is 10.2. The molecule has 0 aromatic heterocycles. The van der Waals surface area contributed by atoms with Crippen LogP contribution in [0.1, 0.15) is 92.2 Å². The van der Waals surface area contributed by atoms with Crippen molar-refractivity contribution in [1.29, 1.82) is 0 Å². The molecule has 0 aliphatic rings. The van der Waals surface area contributed by atoms with Crippen molar-refractivity contribution >= 4 is 17.9 Å². The molecule has 0 saturated heterocycles. The molecule has 8 nitrogen and oxygen atoms in total. The van der Waals surface area contributed by atoms with Crippen LogP contribution in [0.15, 0.2) is 24.3 Å². The van der Waals surface area contributed by atoms with Gasteiger partial charge in [0.1, 0.15) is 23.4 Å². The Morgan fingerprint density at radius 3 is 2.26 bits per heavy atom. The Morgan fingerprint density at radius 2 is 1.71 bits per heavy atom. The van der Waals surface area contributed by atoms with Crippen LogP contribution in [0.3, 0.4) is 0 Å². The lowest BCUT2D eigenvalue weighted by Gasteiger charge is -2.35. The van der Waals surface area contributed by atoms with Crippen LogP contribution in [0.25, 0.3) is 0 Å². The van der Waals surface area contributed by atoms with E-state index in [1.165, 1.54) is 17.0 Å². The van der Waals surface area contributed by atoms with Gasteiger partial charge in [0.25, 0.3) is 0 Å². The SMILES string of the molecule is CCCCCN(C(=O)C(NC(=O)OC(C)(C)C)C(C)C)C(C(=O)NCCCC)c1cccc(O)c1. The summed E-state index contributed by atoms with van der Waals surface area (Å²) in [7, 11) is 0. The van der Waals surface area contributed by atoms with Gasteiger partial charge in [-0.25, -0.2) is 4.79 Å². The highest BCUT2D eigenvalue weighted by Gasteiger charge is 2.37. The summed E-state index contributed by atoms with van der Waals surface area (Å²) in [6.07, 6.45) is 3.60. The van der Waals surface area contributed by atoms with E-state index in [-0.39, 0.29) is 23.5 Å². The van der Waals surface area contributed by atoms with Crippen molar-refractivity contribution in [2.24, 2.45) is 5.92 Å². The number of nitrogens with zero attached hydrogens (tertiary/aromatic N) is 1. The van der Waals surface area contributed by atoms with Gasteiger partial charge in [0.2, 0.25) is 11.8 Å². The lowest BCUT2D eigenvalue weighted by atomic mass is 9.98. The van der Waals surface area contributed by atoms with E-state index in [1.807, 2.05) is 20.8 Å². The summed E-state index contributed by atoms with van der Waals surface area (Å²) >= 11 is 0. The van der Waals surface area contributed by atoms with Crippen molar-refractivity contribution < 1.29 is 24.2 Å². The number of hydrogen-bond donors (Lipinski definition) is 3. The van der Waals surface area contributed by atoms with Gasteiger partial charge < -0.3 is 25.4 Å². The van der Waals surface area contributed by atoms with Crippen LogP contribution in [-0.4, -0.2) is 52.6 Å². The zero-order valence-electron chi connectivity index (χ0n) is 22.5. The van der Waals surface area contributed by atoms with Gasteiger partial charge in [-0.05, 0) is 57.2 Å². The van der Waals surface area contributed by atoms with E-state index >= 15 is 0 Å². The van der Waals surface area contributed by atoms with Gasteiger partial charge in [-0.15, -0.1) is 0 Å². The van der Waals surface area contributed by atoms with E-state index < -0.39 is 23.8 Å².